The Bertz CT molecular complexity index is 218. The molecule has 0 aromatic carbocycles. The van der Waals surface area contributed by atoms with Crippen molar-refractivity contribution in [1.29, 1.82) is 0 Å². The molecule has 2 nitrogen and oxygen atoms in total. The maximum atomic E-state index is 10.8. The summed E-state index contributed by atoms with van der Waals surface area (Å²) in [4.78, 5) is 21.6. The van der Waals surface area contributed by atoms with E-state index < -0.39 is 0 Å². The number of thioether (sulfide) groups is 2. The van der Waals surface area contributed by atoms with Crippen LogP contribution in [-0.4, -0.2) is 36.7 Å². The number of rotatable bonds is 8. The first-order valence-corrected chi connectivity index (χ1v) is 8.76. The van der Waals surface area contributed by atoms with Gasteiger partial charge in [-0.05, 0) is 0 Å². The molecule has 0 spiro atoms. The summed E-state index contributed by atoms with van der Waals surface area (Å²) in [6, 6.07) is 0. The van der Waals surface area contributed by atoms with Crippen LogP contribution in [0.2, 0.25) is 10.6 Å². The van der Waals surface area contributed by atoms with Gasteiger partial charge in [0, 0.05) is 0 Å². The van der Waals surface area contributed by atoms with E-state index in [2.05, 4.69) is 13.2 Å². The summed E-state index contributed by atoms with van der Waals surface area (Å²) < 4.78 is 0. The zero-order valence-corrected chi connectivity index (χ0v) is 11.8. The fourth-order valence-electron chi connectivity index (χ4n) is 0.622. The number of hydrogen-bond acceptors (Lipinski definition) is 4. The Labute approximate surface area is 105 Å². The summed E-state index contributed by atoms with van der Waals surface area (Å²) in [7, 11) is 0. The molecule has 0 fully saturated rings. The van der Waals surface area contributed by atoms with Gasteiger partial charge in [-0.15, -0.1) is 0 Å². The number of hydrogen-bond donors (Lipinski definition) is 0. The first kappa shape index (κ1) is 15.0. The number of carbonyl (C=O) groups is 2. The molecule has 0 rings (SSSR count). The summed E-state index contributed by atoms with van der Waals surface area (Å²) in [5, 5.41) is 2.23. The zero-order chi connectivity index (χ0) is 11.5. The summed E-state index contributed by atoms with van der Waals surface area (Å²) in [5.41, 5.74) is 0. The summed E-state index contributed by atoms with van der Waals surface area (Å²) in [6.07, 6.45) is 2.69. The van der Waals surface area contributed by atoms with E-state index in [-0.39, 0.29) is 10.2 Å². The van der Waals surface area contributed by atoms with Gasteiger partial charge in [0.05, 0.1) is 0 Å². The summed E-state index contributed by atoms with van der Waals surface area (Å²) in [6.45, 7) is 6.80. The molecule has 0 aliphatic rings. The van der Waals surface area contributed by atoms with Crippen LogP contribution in [-0.2, 0) is 9.59 Å². The minimum atomic E-state index is 0.0435. The van der Waals surface area contributed by atoms with E-state index in [1.807, 2.05) is 0 Å². The molecule has 0 radical (unpaired) electrons. The fourth-order valence-corrected chi connectivity index (χ4v) is 4.62. The topological polar surface area (TPSA) is 34.1 Å². The molecule has 15 heavy (non-hydrogen) atoms. The molecule has 0 saturated heterocycles. The summed E-state index contributed by atoms with van der Waals surface area (Å²) >= 11 is 3.16. The fraction of sp³-hybridized carbons (Fsp3) is 0.400. The molecule has 0 aliphatic heterocycles. The van der Waals surface area contributed by atoms with Gasteiger partial charge in [-0.25, -0.2) is 0 Å². The van der Waals surface area contributed by atoms with Crippen LogP contribution < -0.4 is 0 Å². The van der Waals surface area contributed by atoms with Crippen molar-refractivity contribution in [3.63, 3.8) is 0 Å². The third-order valence-corrected chi connectivity index (χ3v) is 6.23. The van der Waals surface area contributed by atoms with Crippen molar-refractivity contribution < 1.29 is 9.59 Å². The van der Waals surface area contributed by atoms with Gasteiger partial charge in [0.25, 0.3) is 0 Å². The van der Waals surface area contributed by atoms with E-state index in [0.717, 1.165) is 22.1 Å². The number of carbonyl (C=O) groups excluding carboxylic acids is 2. The molecule has 0 amide bonds. The second kappa shape index (κ2) is 10.6. The van der Waals surface area contributed by atoms with Gasteiger partial charge in [0.15, 0.2) is 0 Å². The van der Waals surface area contributed by atoms with Crippen molar-refractivity contribution in [2.75, 3.05) is 11.5 Å². The molecule has 0 N–H and O–H groups in total. The molecular formula is C10H14O2S2Se. The normalized spacial score (nSPS) is 9.60. The molecule has 0 atom stereocenters. The molecular weight excluding hydrogens is 295 g/mol. The van der Waals surface area contributed by atoms with E-state index in [1.165, 1.54) is 35.7 Å². The Hall–Kier alpha value is 0.0395. The van der Waals surface area contributed by atoms with Crippen molar-refractivity contribution >= 4 is 48.7 Å². The predicted octanol–water partition coefficient (Wildman–Crippen LogP) is 2.42. The van der Waals surface area contributed by atoms with Crippen molar-refractivity contribution in [3.05, 3.63) is 25.3 Å². The monoisotopic (exact) mass is 310 g/mol. The minimum absolute atomic E-state index is 0.0435. The SMILES string of the molecule is C=CC(=O)SCC[Se]CCSC(=O)C=C. The van der Waals surface area contributed by atoms with Crippen LogP contribution in [0.15, 0.2) is 25.3 Å². The Kier molecular flexibility index (Phi) is 10.6. The molecule has 0 saturated carbocycles. The Morgan fingerprint density at radius 2 is 1.40 bits per heavy atom. The van der Waals surface area contributed by atoms with Crippen LogP contribution in [0.5, 0.6) is 0 Å². The Morgan fingerprint density at radius 3 is 1.73 bits per heavy atom. The van der Waals surface area contributed by atoms with Gasteiger partial charge < -0.3 is 0 Å². The second-order valence-electron chi connectivity index (χ2n) is 2.36. The van der Waals surface area contributed by atoms with Crippen LogP contribution in [0.1, 0.15) is 0 Å². The third-order valence-electron chi connectivity index (χ3n) is 1.28. The van der Waals surface area contributed by atoms with Gasteiger partial charge in [0.1, 0.15) is 0 Å². The third kappa shape index (κ3) is 10.3. The molecule has 0 heterocycles. The first-order valence-electron chi connectivity index (χ1n) is 4.37. The van der Waals surface area contributed by atoms with Gasteiger partial charge in [-0.3, -0.25) is 0 Å². The molecule has 0 bridgehead atoms. The van der Waals surface area contributed by atoms with Crippen molar-refractivity contribution in [1.82, 2.24) is 0 Å². The molecule has 0 aromatic heterocycles. The predicted molar refractivity (Wildman–Crippen MR) is 70.7 cm³/mol. The maximum absolute atomic E-state index is 10.8. The summed E-state index contributed by atoms with van der Waals surface area (Å²) in [5.74, 6) is 1.73. The van der Waals surface area contributed by atoms with Crippen LogP contribution in [0, 0.1) is 0 Å². The Balaban J connectivity index is 3.18. The average Bonchev–Trinajstić information content (AvgIpc) is 2.26. The molecule has 0 unspecified atom stereocenters. The van der Waals surface area contributed by atoms with E-state index in [1.54, 1.807) is 0 Å². The average molecular weight is 309 g/mol. The molecule has 0 aliphatic carbocycles. The second-order valence-corrected chi connectivity index (χ2v) is 7.12. The van der Waals surface area contributed by atoms with Crippen LogP contribution in [0.3, 0.4) is 0 Å². The van der Waals surface area contributed by atoms with E-state index >= 15 is 0 Å². The van der Waals surface area contributed by atoms with Crippen molar-refractivity contribution in [2.45, 2.75) is 10.6 Å². The Morgan fingerprint density at radius 1 is 1.00 bits per heavy atom. The van der Waals surface area contributed by atoms with Gasteiger partial charge >= 0.3 is 106 Å². The van der Waals surface area contributed by atoms with Crippen LogP contribution >= 0.6 is 23.5 Å². The first-order chi connectivity index (χ1) is 7.20. The molecule has 0 aromatic rings. The molecule has 5 heteroatoms. The van der Waals surface area contributed by atoms with Crippen LogP contribution in [0.25, 0.3) is 0 Å². The quantitative estimate of drug-likeness (QED) is 0.392. The van der Waals surface area contributed by atoms with E-state index in [0.29, 0.717) is 15.0 Å². The standard InChI is InChI=1S/C10H14O2S2Se/c1-3-9(11)13-5-7-15-8-6-14-10(12)4-2/h3-4H,1-2,5-8H2. The zero-order valence-electron chi connectivity index (χ0n) is 8.44. The van der Waals surface area contributed by atoms with Gasteiger partial charge in [-0.2, -0.15) is 0 Å². The van der Waals surface area contributed by atoms with Gasteiger partial charge in [0.2, 0.25) is 0 Å². The van der Waals surface area contributed by atoms with Crippen molar-refractivity contribution in [2.24, 2.45) is 0 Å². The van der Waals surface area contributed by atoms with Gasteiger partial charge in [-0.1, -0.05) is 0 Å². The van der Waals surface area contributed by atoms with E-state index in [9.17, 15) is 9.59 Å². The van der Waals surface area contributed by atoms with E-state index in [4.69, 9.17) is 0 Å². The molecule has 84 valence electrons. The van der Waals surface area contributed by atoms with Crippen LogP contribution in [0.4, 0.5) is 0 Å². The van der Waals surface area contributed by atoms with Crippen molar-refractivity contribution in [3.8, 4) is 0 Å².